The summed E-state index contributed by atoms with van der Waals surface area (Å²) in [6.45, 7) is 0.511. The number of hydrogen-bond donors (Lipinski definition) is 1. The van der Waals surface area contributed by atoms with Gasteiger partial charge in [0.25, 0.3) is 0 Å². The van der Waals surface area contributed by atoms with Crippen LogP contribution in [-0.2, 0) is 6.54 Å². The van der Waals surface area contributed by atoms with Crippen LogP contribution in [0.2, 0.25) is 5.02 Å². The minimum atomic E-state index is -0.108. The van der Waals surface area contributed by atoms with Crippen LogP contribution in [0.4, 0.5) is 4.79 Å². The van der Waals surface area contributed by atoms with Crippen LogP contribution in [0.15, 0.2) is 36.5 Å². The van der Waals surface area contributed by atoms with Gasteiger partial charge in [-0.1, -0.05) is 29.8 Å². The molecule has 2 heterocycles. The lowest BCUT2D eigenvalue weighted by atomic mass is 10.1. The highest BCUT2D eigenvalue weighted by molar-refractivity contribution is 6.33. The molecule has 1 N–H and O–H groups in total. The molecule has 1 aliphatic heterocycles. The Kier molecular flexibility index (Phi) is 2.52. The highest BCUT2D eigenvalue weighted by atomic mass is 35.5. The Hall–Kier alpha value is -1.94. The van der Waals surface area contributed by atoms with E-state index in [1.807, 2.05) is 41.2 Å². The summed E-state index contributed by atoms with van der Waals surface area (Å²) >= 11 is 6.21. The van der Waals surface area contributed by atoms with Crippen LogP contribution < -0.4 is 10.3 Å². The molecule has 0 bridgehead atoms. The predicted molar refractivity (Wildman–Crippen MR) is 71.3 cm³/mol. The number of nitrogens with one attached hydrogen (secondary N) is 1. The summed E-state index contributed by atoms with van der Waals surface area (Å²) in [5, 5.41) is 5.08. The second-order valence-electron chi connectivity index (χ2n) is 4.18. The normalized spacial score (nSPS) is 14.3. The van der Waals surface area contributed by atoms with Crippen LogP contribution in [0.25, 0.3) is 11.1 Å². The van der Waals surface area contributed by atoms with E-state index in [2.05, 4.69) is 5.32 Å². The van der Waals surface area contributed by atoms with E-state index < -0.39 is 0 Å². The summed E-state index contributed by atoms with van der Waals surface area (Å²) in [5.74, 6) is 0. The largest absolute Gasteiger partial charge is 0.336 e. The second-order valence-corrected chi connectivity index (χ2v) is 4.59. The fourth-order valence-corrected chi connectivity index (χ4v) is 2.45. The molecule has 18 heavy (non-hydrogen) atoms. The van der Waals surface area contributed by atoms with Crippen LogP contribution in [-0.4, -0.2) is 17.8 Å². The Labute approximate surface area is 110 Å². The highest BCUT2D eigenvalue weighted by Crippen LogP contribution is 2.31. The van der Waals surface area contributed by atoms with Gasteiger partial charge in [0.1, 0.15) is 0 Å². The van der Waals surface area contributed by atoms with E-state index >= 15 is 0 Å². The lowest BCUT2D eigenvalue weighted by Gasteiger charge is -2.27. The molecule has 0 aliphatic carbocycles. The topological polar surface area (TPSA) is 37.3 Å². The molecule has 92 valence electrons. The minimum absolute atomic E-state index is 0.108. The standard InChI is InChI=1S/C13H12ClN3O/c1-16-13(18)15-8-12-10(6-7-17(12)16)9-4-2-3-5-11(9)14/h2-7H,8H2,1H3,(H,15,18). The lowest BCUT2D eigenvalue weighted by Crippen LogP contribution is -2.49. The Bertz CT molecular complexity index is 620. The summed E-state index contributed by atoms with van der Waals surface area (Å²) in [4.78, 5) is 11.5. The molecule has 3 rings (SSSR count). The molecule has 1 aromatic carbocycles. The van der Waals surface area contributed by atoms with Crippen molar-refractivity contribution < 1.29 is 4.79 Å². The van der Waals surface area contributed by atoms with Gasteiger partial charge in [0.2, 0.25) is 0 Å². The number of amides is 2. The fourth-order valence-electron chi connectivity index (χ4n) is 2.21. The molecule has 0 unspecified atom stereocenters. The first-order valence-corrected chi connectivity index (χ1v) is 6.03. The van der Waals surface area contributed by atoms with Crippen molar-refractivity contribution in [3.05, 3.63) is 47.2 Å². The van der Waals surface area contributed by atoms with Crippen LogP contribution in [0.3, 0.4) is 0 Å². The van der Waals surface area contributed by atoms with Crippen molar-refractivity contribution in [2.45, 2.75) is 6.54 Å². The number of aromatic nitrogens is 1. The van der Waals surface area contributed by atoms with Crippen LogP contribution >= 0.6 is 11.6 Å². The van der Waals surface area contributed by atoms with Crippen molar-refractivity contribution in [3.8, 4) is 11.1 Å². The van der Waals surface area contributed by atoms with Crippen molar-refractivity contribution in [2.75, 3.05) is 12.1 Å². The maximum Gasteiger partial charge on any atom is 0.336 e. The van der Waals surface area contributed by atoms with Gasteiger partial charge in [-0.2, -0.15) is 0 Å². The maximum absolute atomic E-state index is 11.5. The van der Waals surface area contributed by atoms with Gasteiger partial charge in [0.15, 0.2) is 0 Å². The Balaban J connectivity index is 2.14. The van der Waals surface area contributed by atoms with Gasteiger partial charge in [0.05, 0.1) is 12.2 Å². The second kappa shape index (κ2) is 4.07. The van der Waals surface area contributed by atoms with E-state index in [4.69, 9.17) is 11.6 Å². The molecule has 0 saturated carbocycles. The third-order valence-corrected chi connectivity index (χ3v) is 3.49. The molecule has 0 saturated heterocycles. The monoisotopic (exact) mass is 261 g/mol. The number of halogens is 1. The van der Waals surface area contributed by atoms with E-state index in [0.29, 0.717) is 11.6 Å². The first-order valence-electron chi connectivity index (χ1n) is 5.65. The van der Waals surface area contributed by atoms with Gasteiger partial charge in [-0.25, -0.2) is 9.80 Å². The number of nitrogens with zero attached hydrogens (tertiary/aromatic N) is 2. The van der Waals surface area contributed by atoms with Gasteiger partial charge in [0, 0.05) is 29.4 Å². The van der Waals surface area contributed by atoms with Gasteiger partial charge in [-0.05, 0) is 12.1 Å². The van der Waals surface area contributed by atoms with Crippen LogP contribution in [0.5, 0.6) is 0 Å². The molecule has 5 heteroatoms. The zero-order valence-electron chi connectivity index (χ0n) is 9.85. The van der Waals surface area contributed by atoms with Crippen molar-refractivity contribution >= 4 is 17.6 Å². The SMILES string of the molecule is CN1C(=O)NCc2c(-c3ccccc3Cl)ccn21. The molecule has 0 radical (unpaired) electrons. The maximum atomic E-state index is 11.5. The molecule has 1 aliphatic rings. The van der Waals surface area contributed by atoms with E-state index in [-0.39, 0.29) is 6.03 Å². The molecule has 0 spiro atoms. The van der Waals surface area contributed by atoms with E-state index in [0.717, 1.165) is 16.8 Å². The highest BCUT2D eigenvalue weighted by Gasteiger charge is 2.23. The predicted octanol–water partition coefficient (Wildman–Crippen LogP) is 2.60. The Morgan fingerprint density at radius 1 is 1.22 bits per heavy atom. The number of urea groups is 1. The Morgan fingerprint density at radius 2 is 2.00 bits per heavy atom. The summed E-state index contributed by atoms with van der Waals surface area (Å²) in [7, 11) is 1.73. The number of hydrogen-bond acceptors (Lipinski definition) is 1. The number of benzene rings is 1. The Morgan fingerprint density at radius 3 is 2.78 bits per heavy atom. The molecular weight excluding hydrogens is 250 g/mol. The van der Waals surface area contributed by atoms with Crippen LogP contribution in [0.1, 0.15) is 5.69 Å². The van der Waals surface area contributed by atoms with Gasteiger partial charge in [-0.3, -0.25) is 4.68 Å². The lowest BCUT2D eigenvalue weighted by molar-refractivity contribution is 0.238. The van der Waals surface area contributed by atoms with E-state index in [9.17, 15) is 4.79 Å². The van der Waals surface area contributed by atoms with Crippen LogP contribution in [0, 0.1) is 0 Å². The molecule has 0 fully saturated rings. The summed E-state index contributed by atoms with van der Waals surface area (Å²) in [5.41, 5.74) is 3.06. The third kappa shape index (κ3) is 1.57. The average molecular weight is 262 g/mol. The minimum Gasteiger partial charge on any atom is -0.331 e. The summed E-state index contributed by atoms with van der Waals surface area (Å²) in [6, 6.07) is 9.58. The molecule has 2 amide bonds. The number of carbonyl (C=O) groups excluding carboxylic acids is 1. The van der Waals surface area contributed by atoms with Gasteiger partial charge >= 0.3 is 6.03 Å². The number of fused-ring (bicyclic) bond motifs is 1. The van der Waals surface area contributed by atoms with Crippen molar-refractivity contribution in [3.63, 3.8) is 0 Å². The third-order valence-electron chi connectivity index (χ3n) is 3.16. The van der Waals surface area contributed by atoms with E-state index in [1.54, 1.807) is 12.1 Å². The van der Waals surface area contributed by atoms with Crippen molar-refractivity contribution in [1.82, 2.24) is 9.99 Å². The molecule has 4 nitrogen and oxygen atoms in total. The molecule has 0 atom stereocenters. The quantitative estimate of drug-likeness (QED) is 0.842. The number of carbonyl (C=O) groups is 1. The van der Waals surface area contributed by atoms with Gasteiger partial charge < -0.3 is 5.32 Å². The summed E-state index contributed by atoms with van der Waals surface area (Å²) < 4.78 is 1.84. The zero-order chi connectivity index (χ0) is 12.7. The van der Waals surface area contributed by atoms with Crippen molar-refractivity contribution in [1.29, 1.82) is 0 Å². The van der Waals surface area contributed by atoms with E-state index in [1.165, 1.54) is 0 Å². The summed E-state index contributed by atoms with van der Waals surface area (Å²) in [6.07, 6.45) is 1.88. The molecule has 2 aromatic rings. The fraction of sp³-hybridized carbons (Fsp3) is 0.154. The average Bonchev–Trinajstić information content (AvgIpc) is 2.79. The number of rotatable bonds is 1. The molecular formula is C13H12ClN3O. The first kappa shape index (κ1) is 11.2. The molecule has 1 aromatic heterocycles. The van der Waals surface area contributed by atoms with Gasteiger partial charge in [-0.15, -0.1) is 0 Å². The van der Waals surface area contributed by atoms with Crippen molar-refractivity contribution in [2.24, 2.45) is 0 Å². The first-order chi connectivity index (χ1) is 8.68. The smallest absolute Gasteiger partial charge is 0.331 e. The zero-order valence-corrected chi connectivity index (χ0v) is 10.6.